The molecule has 3 rings (SSSR count). The van der Waals surface area contributed by atoms with E-state index in [1.165, 1.54) is 17.3 Å². The van der Waals surface area contributed by atoms with Gasteiger partial charge in [0.05, 0.1) is 5.25 Å². The fourth-order valence-electron chi connectivity index (χ4n) is 2.90. The summed E-state index contributed by atoms with van der Waals surface area (Å²) in [5, 5.41) is 10.8. The lowest BCUT2D eigenvalue weighted by atomic mass is 9.87. The SMILES string of the molecule is C[C@H](Sc1nnc(-c2ccc(C(C)(C)C)cc2)n1-c1ccccc1)C(=O)NC(N)=O. The maximum absolute atomic E-state index is 12.1. The molecule has 8 heteroatoms. The van der Waals surface area contributed by atoms with E-state index in [1.807, 2.05) is 47.0 Å². The number of aromatic nitrogens is 3. The number of benzene rings is 2. The van der Waals surface area contributed by atoms with Crippen LogP contribution >= 0.6 is 11.8 Å². The summed E-state index contributed by atoms with van der Waals surface area (Å²) in [5.74, 6) is 0.192. The highest BCUT2D eigenvalue weighted by Gasteiger charge is 2.23. The van der Waals surface area contributed by atoms with E-state index in [4.69, 9.17) is 5.73 Å². The molecule has 2 aromatic carbocycles. The molecule has 30 heavy (non-hydrogen) atoms. The molecule has 0 unspecified atom stereocenters. The van der Waals surface area contributed by atoms with Crippen LogP contribution in [0.2, 0.25) is 0 Å². The lowest BCUT2D eigenvalue weighted by molar-refractivity contribution is -0.119. The number of hydrogen-bond donors (Lipinski definition) is 2. The number of imide groups is 1. The van der Waals surface area contributed by atoms with Gasteiger partial charge in [-0.15, -0.1) is 10.2 Å². The summed E-state index contributed by atoms with van der Waals surface area (Å²) in [4.78, 5) is 23.1. The average Bonchev–Trinajstić information content (AvgIpc) is 3.11. The van der Waals surface area contributed by atoms with Crippen LogP contribution in [-0.2, 0) is 10.2 Å². The predicted octanol–water partition coefficient (Wildman–Crippen LogP) is 3.91. The number of primary amides is 1. The number of nitrogens with one attached hydrogen (secondary N) is 1. The van der Waals surface area contributed by atoms with Crippen molar-refractivity contribution in [2.75, 3.05) is 0 Å². The van der Waals surface area contributed by atoms with E-state index in [0.29, 0.717) is 11.0 Å². The number of thioether (sulfide) groups is 1. The first-order chi connectivity index (χ1) is 14.2. The molecule has 3 amide bonds. The van der Waals surface area contributed by atoms with Crippen LogP contribution in [0.3, 0.4) is 0 Å². The van der Waals surface area contributed by atoms with Crippen LogP contribution in [0.15, 0.2) is 59.8 Å². The molecule has 0 saturated heterocycles. The molecule has 0 aliphatic heterocycles. The molecular weight excluding hydrogens is 398 g/mol. The Morgan fingerprint density at radius 2 is 1.67 bits per heavy atom. The Balaban J connectivity index is 2.01. The van der Waals surface area contributed by atoms with E-state index >= 15 is 0 Å². The van der Waals surface area contributed by atoms with Crippen LogP contribution in [-0.4, -0.2) is 32.0 Å². The van der Waals surface area contributed by atoms with Crippen molar-refractivity contribution < 1.29 is 9.59 Å². The molecule has 0 aliphatic carbocycles. The number of amides is 3. The van der Waals surface area contributed by atoms with Crippen molar-refractivity contribution in [2.45, 2.75) is 43.5 Å². The van der Waals surface area contributed by atoms with Gasteiger partial charge in [0.25, 0.3) is 0 Å². The molecule has 0 saturated carbocycles. The summed E-state index contributed by atoms with van der Waals surface area (Å²) in [6.07, 6.45) is 0. The minimum atomic E-state index is -0.878. The Morgan fingerprint density at radius 3 is 2.23 bits per heavy atom. The number of nitrogens with zero attached hydrogens (tertiary/aromatic N) is 3. The molecule has 0 fully saturated rings. The van der Waals surface area contributed by atoms with Gasteiger partial charge in [0, 0.05) is 11.3 Å². The van der Waals surface area contributed by atoms with Gasteiger partial charge in [-0.1, -0.05) is 75.0 Å². The number of nitrogens with two attached hydrogens (primary N) is 1. The first-order valence-electron chi connectivity index (χ1n) is 9.55. The van der Waals surface area contributed by atoms with Crippen LogP contribution in [0, 0.1) is 0 Å². The number of carbonyl (C=O) groups excluding carboxylic acids is 2. The fourth-order valence-corrected chi connectivity index (χ4v) is 3.76. The minimum absolute atomic E-state index is 0.0515. The molecule has 1 heterocycles. The average molecular weight is 424 g/mol. The smallest absolute Gasteiger partial charge is 0.318 e. The van der Waals surface area contributed by atoms with E-state index in [2.05, 4.69) is 48.4 Å². The van der Waals surface area contributed by atoms with Crippen molar-refractivity contribution in [3.05, 3.63) is 60.2 Å². The molecule has 0 bridgehead atoms. The highest BCUT2D eigenvalue weighted by atomic mass is 32.2. The molecule has 0 spiro atoms. The van der Waals surface area contributed by atoms with E-state index in [-0.39, 0.29) is 5.41 Å². The van der Waals surface area contributed by atoms with Crippen molar-refractivity contribution in [3.8, 4) is 17.1 Å². The summed E-state index contributed by atoms with van der Waals surface area (Å²) >= 11 is 1.21. The van der Waals surface area contributed by atoms with E-state index < -0.39 is 17.2 Å². The van der Waals surface area contributed by atoms with Gasteiger partial charge in [0.15, 0.2) is 11.0 Å². The van der Waals surface area contributed by atoms with Gasteiger partial charge in [-0.25, -0.2) is 4.79 Å². The van der Waals surface area contributed by atoms with Gasteiger partial charge in [0.1, 0.15) is 0 Å². The Labute approximate surface area is 180 Å². The number of urea groups is 1. The second kappa shape index (κ2) is 8.71. The molecule has 0 radical (unpaired) electrons. The van der Waals surface area contributed by atoms with Crippen molar-refractivity contribution >= 4 is 23.7 Å². The normalized spacial score (nSPS) is 12.4. The molecular formula is C22H25N5O2S. The quantitative estimate of drug-likeness (QED) is 0.606. The monoisotopic (exact) mass is 423 g/mol. The minimum Gasteiger partial charge on any atom is -0.351 e. The molecule has 3 N–H and O–H groups in total. The van der Waals surface area contributed by atoms with Gasteiger partial charge in [-0.05, 0) is 30.0 Å². The zero-order chi connectivity index (χ0) is 21.9. The van der Waals surface area contributed by atoms with E-state index in [9.17, 15) is 9.59 Å². The van der Waals surface area contributed by atoms with Crippen LogP contribution in [0.5, 0.6) is 0 Å². The molecule has 1 atom stereocenters. The van der Waals surface area contributed by atoms with Crippen LogP contribution in [0.1, 0.15) is 33.3 Å². The first-order valence-corrected chi connectivity index (χ1v) is 10.4. The zero-order valence-corrected chi connectivity index (χ0v) is 18.2. The summed E-state index contributed by atoms with van der Waals surface area (Å²) in [6.45, 7) is 8.19. The van der Waals surface area contributed by atoms with Gasteiger partial charge in [-0.2, -0.15) is 0 Å². The zero-order valence-electron chi connectivity index (χ0n) is 17.4. The first kappa shape index (κ1) is 21.6. The second-order valence-corrected chi connectivity index (χ2v) is 9.23. The number of carbonyl (C=O) groups is 2. The maximum atomic E-state index is 12.1. The van der Waals surface area contributed by atoms with Gasteiger partial charge in [0.2, 0.25) is 5.91 Å². The third-order valence-corrected chi connectivity index (χ3v) is 5.60. The standard InChI is InChI=1S/C22H25N5O2S/c1-14(19(28)24-20(23)29)30-21-26-25-18(27(21)17-8-6-5-7-9-17)15-10-12-16(13-11-15)22(2,3)4/h5-14H,1-4H3,(H3,23,24,28,29)/t14-/m0/s1. The molecule has 1 aromatic heterocycles. The molecule has 0 aliphatic rings. The Morgan fingerprint density at radius 1 is 1.03 bits per heavy atom. The fraction of sp³-hybridized carbons (Fsp3) is 0.273. The highest BCUT2D eigenvalue weighted by molar-refractivity contribution is 8.00. The van der Waals surface area contributed by atoms with E-state index in [0.717, 1.165) is 11.3 Å². The summed E-state index contributed by atoms with van der Waals surface area (Å²) in [7, 11) is 0. The van der Waals surface area contributed by atoms with Crippen molar-refractivity contribution in [2.24, 2.45) is 5.73 Å². The number of para-hydroxylation sites is 1. The largest absolute Gasteiger partial charge is 0.351 e. The van der Waals surface area contributed by atoms with Crippen LogP contribution in [0.25, 0.3) is 17.1 Å². The Hall–Kier alpha value is -3.13. The summed E-state index contributed by atoms with van der Waals surface area (Å²) < 4.78 is 1.91. The van der Waals surface area contributed by atoms with Gasteiger partial charge in [-0.3, -0.25) is 14.7 Å². The lowest BCUT2D eigenvalue weighted by Crippen LogP contribution is -2.39. The van der Waals surface area contributed by atoms with Gasteiger partial charge < -0.3 is 5.73 Å². The predicted molar refractivity (Wildman–Crippen MR) is 119 cm³/mol. The highest BCUT2D eigenvalue weighted by Crippen LogP contribution is 2.31. The number of rotatable bonds is 5. The molecule has 3 aromatic rings. The Kier molecular flexibility index (Phi) is 6.26. The lowest BCUT2D eigenvalue weighted by Gasteiger charge is -2.19. The topological polar surface area (TPSA) is 103 Å². The third kappa shape index (κ3) is 4.88. The molecule has 156 valence electrons. The Bertz CT molecular complexity index is 1040. The van der Waals surface area contributed by atoms with Gasteiger partial charge >= 0.3 is 6.03 Å². The van der Waals surface area contributed by atoms with Crippen molar-refractivity contribution in [1.29, 1.82) is 0 Å². The molecule has 7 nitrogen and oxygen atoms in total. The van der Waals surface area contributed by atoms with Crippen LogP contribution in [0.4, 0.5) is 4.79 Å². The van der Waals surface area contributed by atoms with Crippen molar-refractivity contribution in [1.82, 2.24) is 20.1 Å². The number of hydrogen-bond acceptors (Lipinski definition) is 5. The van der Waals surface area contributed by atoms with Crippen LogP contribution < -0.4 is 11.1 Å². The summed E-state index contributed by atoms with van der Waals surface area (Å²) in [5.41, 5.74) is 8.13. The van der Waals surface area contributed by atoms with E-state index in [1.54, 1.807) is 6.92 Å². The van der Waals surface area contributed by atoms with Crippen molar-refractivity contribution in [3.63, 3.8) is 0 Å². The second-order valence-electron chi connectivity index (χ2n) is 7.92. The summed E-state index contributed by atoms with van der Waals surface area (Å²) in [6, 6.07) is 17.1. The third-order valence-electron chi connectivity index (χ3n) is 4.55. The maximum Gasteiger partial charge on any atom is 0.318 e.